The van der Waals surface area contributed by atoms with E-state index >= 15 is 0 Å². The van der Waals surface area contributed by atoms with Crippen LogP contribution in [0.3, 0.4) is 0 Å². The maximum atomic E-state index is 10.4. The Hall–Kier alpha value is -0.265. The van der Waals surface area contributed by atoms with E-state index in [1.165, 1.54) is 19.2 Å². The number of unbranched alkanes of at least 4 members (excludes halogenated alkanes) is 2. The fourth-order valence-electron chi connectivity index (χ4n) is 0.801. The van der Waals surface area contributed by atoms with Crippen LogP contribution in [0.15, 0.2) is 0 Å². The van der Waals surface area contributed by atoms with Gasteiger partial charge in [-0.2, -0.15) is 0 Å². The van der Waals surface area contributed by atoms with Crippen LogP contribution < -0.4 is 0 Å². The minimum absolute atomic E-state index is 0.325. The molecule has 0 bridgehead atoms. The van der Waals surface area contributed by atoms with Gasteiger partial charge in [0.25, 0.3) is 0 Å². The smallest absolute Gasteiger partial charge is 0.129 e. The molecule has 0 aliphatic carbocycles. The number of rotatable bonds is 5. The molecule has 9 heavy (non-hydrogen) atoms. The molecule has 0 spiro atoms. The van der Waals surface area contributed by atoms with Crippen LogP contribution in [0.25, 0.3) is 0 Å². The minimum Gasteiger partial charge on any atom is -0.300 e. The molecule has 0 saturated carbocycles. The Kier molecular flexibility index (Phi) is 5.69. The summed E-state index contributed by atoms with van der Waals surface area (Å²) >= 11 is 0. The normalized spacial score (nSPS) is 9.44. The molecule has 0 atom stereocenters. The summed E-state index contributed by atoms with van der Waals surface area (Å²) in [4.78, 5) is 10.4. The van der Waals surface area contributed by atoms with Crippen LogP contribution in [0.2, 0.25) is 6.32 Å². The van der Waals surface area contributed by atoms with Gasteiger partial charge in [-0.05, 0) is 13.3 Å². The Bertz CT molecular complexity index is 81.0. The lowest BCUT2D eigenvalue weighted by Gasteiger charge is -1.93. The van der Waals surface area contributed by atoms with Crippen molar-refractivity contribution in [2.45, 2.75) is 38.9 Å². The van der Waals surface area contributed by atoms with Crippen LogP contribution in [-0.4, -0.2) is 13.6 Å². The fraction of sp³-hybridized carbons (Fsp3) is 0.857. The number of hydrogen-bond acceptors (Lipinski definition) is 1. The molecule has 0 aliphatic heterocycles. The largest absolute Gasteiger partial charge is 0.300 e. The average Bonchev–Trinajstić information content (AvgIpc) is 1.80. The molecule has 52 valence electrons. The second-order valence-corrected chi connectivity index (χ2v) is 2.51. The van der Waals surface area contributed by atoms with E-state index < -0.39 is 0 Å². The van der Waals surface area contributed by atoms with Crippen LogP contribution in [0.4, 0.5) is 0 Å². The van der Waals surface area contributed by atoms with Crippen molar-refractivity contribution >= 4 is 13.6 Å². The zero-order chi connectivity index (χ0) is 7.11. The first-order chi connectivity index (χ1) is 4.27. The van der Waals surface area contributed by atoms with Crippen molar-refractivity contribution in [2.75, 3.05) is 0 Å². The molecule has 0 unspecified atom stereocenters. The van der Waals surface area contributed by atoms with Gasteiger partial charge in [0.2, 0.25) is 0 Å². The Morgan fingerprint density at radius 2 is 2.00 bits per heavy atom. The lowest BCUT2D eigenvalue weighted by molar-refractivity contribution is -0.117. The van der Waals surface area contributed by atoms with Gasteiger partial charge in [0.1, 0.15) is 13.6 Å². The zero-order valence-corrected chi connectivity index (χ0v) is 6.44. The molecule has 0 amide bonds. The second kappa shape index (κ2) is 5.86. The van der Waals surface area contributed by atoms with E-state index in [1.807, 2.05) is 0 Å². The van der Waals surface area contributed by atoms with Gasteiger partial charge in [0, 0.05) is 6.42 Å². The summed E-state index contributed by atoms with van der Waals surface area (Å²) in [7, 11) is 2.17. The predicted molar refractivity (Wildman–Crippen MR) is 42.5 cm³/mol. The molecule has 0 radical (unpaired) electrons. The molecule has 2 heteroatoms. The molecule has 0 N–H and O–H groups in total. The van der Waals surface area contributed by atoms with Crippen LogP contribution in [0.1, 0.15) is 32.6 Å². The Morgan fingerprint density at radius 1 is 1.33 bits per heavy atom. The van der Waals surface area contributed by atoms with Gasteiger partial charge in [0.15, 0.2) is 0 Å². The molecule has 0 aromatic rings. The summed E-state index contributed by atoms with van der Waals surface area (Å²) in [6, 6.07) is 0. The van der Waals surface area contributed by atoms with Crippen molar-refractivity contribution in [3.63, 3.8) is 0 Å². The fourth-order valence-corrected chi connectivity index (χ4v) is 0.801. The maximum absolute atomic E-state index is 10.4. The van der Waals surface area contributed by atoms with Gasteiger partial charge >= 0.3 is 0 Å². The summed E-state index contributed by atoms with van der Waals surface area (Å²) in [6.07, 6.45) is 5.60. The zero-order valence-electron chi connectivity index (χ0n) is 6.44. The van der Waals surface area contributed by atoms with Crippen LogP contribution >= 0.6 is 0 Å². The second-order valence-electron chi connectivity index (χ2n) is 2.51. The highest BCUT2D eigenvalue weighted by Crippen LogP contribution is 2.01. The topological polar surface area (TPSA) is 17.1 Å². The summed E-state index contributed by atoms with van der Waals surface area (Å²) in [5.41, 5.74) is 0. The monoisotopic (exact) mass is 126 g/mol. The van der Waals surface area contributed by atoms with E-state index in [0.717, 1.165) is 12.8 Å². The number of ketones is 1. The molecular formula is C7H15BO. The van der Waals surface area contributed by atoms with Crippen LogP contribution in [0.5, 0.6) is 0 Å². The molecule has 0 aliphatic rings. The Morgan fingerprint density at radius 3 is 2.44 bits per heavy atom. The van der Waals surface area contributed by atoms with Crippen LogP contribution in [-0.2, 0) is 4.79 Å². The highest BCUT2D eigenvalue weighted by atomic mass is 16.1. The van der Waals surface area contributed by atoms with E-state index in [2.05, 4.69) is 7.85 Å². The highest BCUT2D eigenvalue weighted by Gasteiger charge is 1.91. The number of Topliss-reactive ketones (excluding diaryl/α,β-unsaturated/α-hetero) is 1. The molecule has 0 heterocycles. The van der Waals surface area contributed by atoms with Gasteiger partial charge in [-0.3, -0.25) is 0 Å². The predicted octanol–water partition coefficient (Wildman–Crippen LogP) is 1.19. The molecule has 0 aromatic carbocycles. The van der Waals surface area contributed by atoms with Crippen molar-refractivity contribution in [3.05, 3.63) is 0 Å². The number of carbonyl (C=O) groups is 1. The van der Waals surface area contributed by atoms with Gasteiger partial charge < -0.3 is 4.79 Å². The summed E-state index contributed by atoms with van der Waals surface area (Å²) < 4.78 is 0. The first-order valence-corrected chi connectivity index (χ1v) is 3.76. The maximum Gasteiger partial charge on any atom is 0.129 e. The lowest BCUT2D eigenvalue weighted by Crippen LogP contribution is -1.88. The van der Waals surface area contributed by atoms with Crippen LogP contribution in [0, 0.1) is 0 Å². The van der Waals surface area contributed by atoms with Crippen molar-refractivity contribution in [2.24, 2.45) is 0 Å². The quantitative estimate of drug-likeness (QED) is 0.399. The Balaban J connectivity index is 2.83. The first-order valence-electron chi connectivity index (χ1n) is 3.76. The average molecular weight is 126 g/mol. The van der Waals surface area contributed by atoms with Crippen molar-refractivity contribution in [1.82, 2.24) is 0 Å². The summed E-state index contributed by atoms with van der Waals surface area (Å²) in [6.45, 7) is 1.66. The lowest BCUT2D eigenvalue weighted by atomic mass is 9.99. The molecular weight excluding hydrogens is 111 g/mol. The highest BCUT2D eigenvalue weighted by molar-refractivity contribution is 6.08. The van der Waals surface area contributed by atoms with E-state index in [1.54, 1.807) is 6.92 Å². The van der Waals surface area contributed by atoms with Gasteiger partial charge in [0.05, 0.1) is 0 Å². The summed E-state index contributed by atoms with van der Waals surface area (Å²) in [5, 5.41) is 0. The third-order valence-electron chi connectivity index (χ3n) is 1.38. The SMILES string of the molecule is BCCCCCC(C)=O. The minimum atomic E-state index is 0.325. The van der Waals surface area contributed by atoms with Gasteiger partial charge in [-0.25, -0.2) is 0 Å². The van der Waals surface area contributed by atoms with Crippen molar-refractivity contribution in [3.8, 4) is 0 Å². The van der Waals surface area contributed by atoms with E-state index in [-0.39, 0.29) is 0 Å². The van der Waals surface area contributed by atoms with Crippen molar-refractivity contribution < 1.29 is 4.79 Å². The van der Waals surface area contributed by atoms with Crippen molar-refractivity contribution in [1.29, 1.82) is 0 Å². The molecule has 0 rings (SSSR count). The standard InChI is InChI=1S/C7H15BO/c1-7(9)5-3-2-4-6-8/h2-6,8H2,1H3. The third-order valence-corrected chi connectivity index (χ3v) is 1.38. The Labute approximate surface area is 58.2 Å². The number of carbonyl (C=O) groups excluding carboxylic acids is 1. The van der Waals surface area contributed by atoms with Gasteiger partial charge in [-0.15, -0.1) is 0 Å². The van der Waals surface area contributed by atoms with Gasteiger partial charge in [-0.1, -0.05) is 19.2 Å². The summed E-state index contributed by atoms with van der Waals surface area (Å²) in [5.74, 6) is 0.325. The molecule has 0 fully saturated rings. The molecule has 1 nitrogen and oxygen atoms in total. The van der Waals surface area contributed by atoms with E-state index in [9.17, 15) is 4.79 Å². The van der Waals surface area contributed by atoms with E-state index in [0.29, 0.717) is 5.78 Å². The first kappa shape index (κ1) is 8.73. The molecule has 0 aromatic heterocycles. The molecule has 0 saturated heterocycles. The van der Waals surface area contributed by atoms with E-state index in [4.69, 9.17) is 0 Å². The third kappa shape index (κ3) is 7.73. The number of hydrogen-bond donors (Lipinski definition) is 0.